The van der Waals surface area contributed by atoms with Crippen LogP contribution in [0.5, 0.6) is 11.5 Å². The highest BCUT2D eigenvalue weighted by Crippen LogP contribution is 2.48. The van der Waals surface area contributed by atoms with Crippen molar-refractivity contribution >= 4 is 11.8 Å². The van der Waals surface area contributed by atoms with Gasteiger partial charge in [0.05, 0.1) is 10.8 Å². The van der Waals surface area contributed by atoms with Crippen LogP contribution >= 0.6 is 0 Å². The fourth-order valence-electron chi connectivity index (χ4n) is 5.56. The van der Waals surface area contributed by atoms with Crippen molar-refractivity contribution in [3.63, 3.8) is 0 Å². The second-order valence-electron chi connectivity index (χ2n) is 16.4. The van der Waals surface area contributed by atoms with Gasteiger partial charge in [-0.1, -0.05) is 107 Å². The van der Waals surface area contributed by atoms with E-state index in [1.54, 1.807) is 13.8 Å². The van der Waals surface area contributed by atoms with Gasteiger partial charge in [0.15, 0.2) is 0 Å². The molecule has 0 fully saturated rings. The van der Waals surface area contributed by atoms with Crippen molar-refractivity contribution in [1.82, 2.24) is 0 Å². The Balaban J connectivity index is 3.01. The molecule has 0 saturated heterocycles. The molecule has 2 atom stereocenters. The Morgan fingerprint density at radius 3 is 0.854 bits per heavy atom. The molecule has 6 nitrogen and oxygen atoms in total. The number of carbonyl (C=O) groups excluding carboxylic acids is 2. The maximum atomic E-state index is 13.4. The van der Waals surface area contributed by atoms with Gasteiger partial charge in [0.1, 0.15) is 11.5 Å². The van der Waals surface area contributed by atoms with E-state index >= 15 is 0 Å². The number of hydrogen-bond acceptors (Lipinski definition) is 4. The minimum absolute atomic E-state index is 0.000544. The largest absolute Gasteiger partial charge is 0.507 e. The third kappa shape index (κ3) is 6.57. The molecular formula is C35H54N2O4. The van der Waals surface area contributed by atoms with Crippen molar-refractivity contribution in [3.05, 3.63) is 57.6 Å². The Bertz CT molecular complexity index is 1170. The van der Waals surface area contributed by atoms with Gasteiger partial charge >= 0.3 is 0 Å². The number of rotatable bonds is 6. The minimum atomic E-state index is -1.32. The van der Waals surface area contributed by atoms with E-state index in [-0.39, 0.29) is 17.9 Å². The lowest BCUT2D eigenvalue weighted by atomic mass is 9.63. The van der Waals surface area contributed by atoms with Gasteiger partial charge in [-0.3, -0.25) is 9.59 Å². The summed E-state index contributed by atoms with van der Waals surface area (Å²) >= 11 is 0. The van der Waals surface area contributed by atoms with E-state index in [1.807, 2.05) is 107 Å². The van der Waals surface area contributed by atoms with Crippen LogP contribution in [0.2, 0.25) is 0 Å². The molecule has 0 bridgehead atoms. The second-order valence-corrected chi connectivity index (χ2v) is 16.4. The molecule has 2 amide bonds. The third-order valence-corrected chi connectivity index (χ3v) is 8.52. The molecular weight excluding hydrogens is 512 g/mol. The highest BCUT2D eigenvalue weighted by molar-refractivity contribution is 5.91. The van der Waals surface area contributed by atoms with E-state index in [1.165, 1.54) is 0 Å². The molecule has 41 heavy (non-hydrogen) atoms. The summed E-state index contributed by atoms with van der Waals surface area (Å²) in [5.41, 5.74) is 12.0. The van der Waals surface area contributed by atoms with Gasteiger partial charge in [-0.25, -0.2) is 0 Å². The van der Waals surface area contributed by atoms with Gasteiger partial charge < -0.3 is 21.7 Å². The lowest BCUT2D eigenvalue weighted by Crippen LogP contribution is -2.49. The van der Waals surface area contributed by atoms with Crippen molar-refractivity contribution in [2.45, 2.75) is 136 Å². The predicted molar refractivity (Wildman–Crippen MR) is 169 cm³/mol. The second kappa shape index (κ2) is 10.4. The van der Waals surface area contributed by atoms with Crippen LogP contribution in [0.4, 0.5) is 0 Å². The zero-order chi connectivity index (χ0) is 32.3. The quantitative estimate of drug-likeness (QED) is 0.304. The molecule has 0 saturated carbocycles. The average molecular weight is 567 g/mol. The van der Waals surface area contributed by atoms with E-state index in [0.717, 1.165) is 0 Å². The van der Waals surface area contributed by atoms with E-state index in [0.29, 0.717) is 33.4 Å². The lowest BCUT2D eigenvalue weighted by Gasteiger charge is -2.39. The van der Waals surface area contributed by atoms with Gasteiger partial charge in [-0.2, -0.15) is 0 Å². The fourth-order valence-corrected chi connectivity index (χ4v) is 5.56. The number of phenolic OH excluding ortho intramolecular Hbond substituents is 2. The molecule has 0 aliphatic rings. The maximum absolute atomic E-state index is 13.4. The summed E-state index contributed by atoms with van der Waals surface area (Å²) in [4.78, 5) is 26.9. The van der Waals surface area contributed by atoms with Gasteiger partial charge in [-0.05, 0) is 75.3 Å². The topological polar surface area (TPSA) is 127 Å². The van der Waals surface area contributed by atoms with Crippen molar-refractivity contribution in [3.8, 4) is 11.5 Å². The number of aromatic hydroxyl groups is 2. The van der Waals surface area contributed by atoms with Crippen molar-refractivity contribution in [1.29, 1.82) is 0 Å². The highest BCUT2D eigenvalue weighted by Gasteiger charge is 2.47. The van der Waals surface area contributed by atoms with Crippen LogP contribution in [0.25, 0.3) is 0 Å². The summed E-state index contributed by atoms with van der Waals surface area (Å²) < 4.78 is 0. The number of carbonyl (C=O) groups is 2. The molecule has 2 aromatic carbocycles. The molecule has 0 aliphatic carbocycles. The van der Waals surface area contributed by atoms with Crippen LogP contribution in [-0.2, 0) is 42.1 Å². The van der Waals surface area contributed by atoms with E-state index in [2.05, 4.69) is 0 Å². The smallest absolute Gasteiger partial charge is 0.227 e. The molecule has 2 rings (SSSR count). The number of primary amides is 2. The summed E-state index contributed by atoms with van der Waals surface area (Å²) in [6.07, 6.45) is 0.000544. The molecule has 2 aromatic rings. The summed E-state index contributed by atoms with van der Waals surface area (Å²) in [6.45, 7) is 27.6. The number of nitrogens with two attached hydrogens (primary N) is 2. The first-order valence-electron chi connectivity index (χ1n) is 14.4. The Hall–Kier alpha value is -3.02. The molecule has 0 spiro atoms. The van der Waals surface area contributed by atoms with Crippen LogP contribution in [0.1, 0.15) is 137 Å². The first-order chi connectivity index (χ1) is 18.1. The maximum Gasteiger partial charge on any atom is 0.227 e. The summed E-state index contributed by atoms with van der Waals surface area (Å²) in [5.74, 6) is -0.801. The Morgan fingerprint density at radius 1 is 0.512 bits per heavy atom. The number of amides is 2. The summed E-state index contributed by atoms with van der Waals surface area (Å²) in [7, 11) is 0. The molecule has 228 valence electrons. The number of phenols is 2. The zero-order valence-corrected chi connectivity index (χ0v) is 27.9. The van der Waals surface area contributed by atoms with E-state index in [9.17, 15) is 19.8 Å². The first kappa shape index (κ1) is 34.2. The van der Waals surface area contributed by atoms with Gasteiger partial charge in [-0.15, -0.1) is 0 Å². The molecule has 0 aliphatic heterocycles. The SMILES string of the molecule is CC(C)(C)c1cc(C(C)(CC(C)(C(N)=O)c2cc(C(C)(C)C)c(O)c(C(C)(C)C)c2)C(N)=O)cc(C(C)(C)C)c1O. The van der Waals surface area contributed by atoms with Crippen molar-refractivity contribution in [2.24, 2.45) is 11.5 Å². The van der Waals surface area contributed by atoms with Gasteiger partial charge in [0, 0.05) is 0 Å². The van der Waals surface area contributed by atoms with E-state index in [4.69, 9.17) is 11.5 Å². The molecule has 6 N–H and O–H groups in total. The summed E-state index contributed by atoms with van der Waals surface area (Å²) in [5, 5.41) is 22.6. The Morgan fingerprint density at radius 2 is 0.707 bits per heavy atom. The average Bonchev–Trinajstić information content (AvgIpc) is 2.75. The molecule has 0 radical (unpaired) electrons. The zero-order valence-electron chi connectivity index (χ0n) is 27.9. The fraction of sp³-hybridized carbons (Fsp3) is 0.600. The van der Waals surface area contributed by atoms with Crippen molar-refractivity contribution < 1.29 is 19.8 Å². The van der Waals surface area contributed by atoms with Gasteiger partial charge in [0.25, 0.3) is 0 Å². The van der Waals surface area contributed by atoms with Crippen LogP contribution in [0.15, 0.2) is 24.3 Å². The predicted octanol–water partition coefficient (Wildman–Crippen LogP) is 6.86. The summed E-state index contributed by atoms with van der Waals surface area (Å²) in [6, 6.07) is 7.37. The normalized spacial score (nSPS) is 16.1. The van der Waals surface area contributed by atoms with Crippen molar-refractivity contribution in [2.75, 3.05) is 0 Å². The lowest BCUT2D eigenvalue weighted by molar-refractivity contribution is -0.127. The monoisotopic (exact) mass is 566 g/mol. The van der Waals surface area contributed by atoms with Crippen LogP contribution in [-0.4, -0.2) is 22.0 Å². The molecule has 2 unspecified atom stereocenters. The van der Waals surface area contributed by atoms with Crippen LogP contribution in [0, 0.1) is 0 Å². The van der Waals surface area contributed by atoms with E-state index < -0.39 is 44.3 Å². The third-order valence-electron chi connectivity index (χ3n) is 8.52. The van der Waals surface area contributed by atoms with Crippen LogP contribution in [0.3, 0.4) is 0 Å². The highest BCUT2D eigenvalue weighted by atomic mass is 16.3. The molecule has 0 aromatic heterocycles. The minimum Gasteiger partial charge on any atom is -0.507 e. The van der Waals surface area contributed by atoms with Gasteiger partial charge in [0.2, 0.25) is 11.8 Å². The first-order valence-corrected chi connectivity index (χ1v) is 14.4. The number of benzene rings is 2. The standard InChI is InChI=1S/C35H54N2O4/c1-30(2,3)22-15-20(16-23(26(22)38)31(4,5)6)34(13,28(36)40)19-35(14,29(37)41)21-17-24(32(7,8)9)27(39)25(18-21)33(10,11)12/h15-18,38-39H,19H2,1-14H3,(H2,36,40)(H2,37,41). The molecule has 0 heterocycles. The number of hydrogen-bond donors (Lipinski definition) is 4. The Kier molecular flexibility index (Phi) is 8.64. The molecule has 6 heteroatoms. The Labute approximate surface area is 247 Å². The van der Waals surface area contributed by atoms with Crippen LogP contribution < -0.4 is 11.5 Å².